The largest absolute Gasteiger partial charge is 0.316 e. The number of piperazine rings is 1. The lowest BCUT2D eigenvalue weighted by Crippen LogP contribution is -2.54. The highest BCUT2D eigenvalue weighted by atomic mass is 15.3. The summed E-state index contributed by atoms with van der Waals surface area (Å²) >= 11 is 0. The van der Waals surface area contributed by atoms with Crippen LogP contribution in [0.3, 0.4) is 0 Å². The van der Waals surface area contributed by atoms with Gasteiger partial charge in [-0.15, -0.1) is 0 Å². The van der Waals surface area contributed by atoms with Gasteiger partial charge in [0, 0.05) is 38.8 Å². The summed E-state index contributed by atoms with van der Waals surface area (Å²) in [6.45, 7) is 16.4. The third-order valence-electron chi connectivity index (χ3n) is 4.76. The number of nitrogens with one attached hydrogen (secondary N) is 1. The first-order valence-electron chi connectivity index (χ1n) is 7.70. The normalized spacial score (nSPS) is 23.5. The zero-order valence-electron chi connectivity index (χ0n) is 13.1. The average molecular weight is 255 g/mol. The molecular weight excluding hydrogens is 222 g/mol. The van der Waals surface area contributed by atoms with E-state index >= 15 is 0 Å². The molecule has 0 radical (unpaired) electrons. The van der Waals surface area contributed by atoms with E-state index in [4.69, 9.17) is 0 Å². The van der Waals surface area contributed by atoms with Crippen LogP contribution in [0, 0.1) is 5.41 Å². The van der Waals surface area contributed by atoms with Crippen molar-refractivity contribution in [3.63, 3.8) is 0 Å². The molecule has 1 rings (SSSR count). The molecular formula is C15H33N3. The van der Waals surface area contributed by atoms with Crippen LogP contribution in [0.4, 0.5) is 0 Å². The van der Waals surface area contributed by atoms with Crippen LogP contribution in [-0.2, 0) is 0 Å². The molecule has 3 heteroatoms. The molecule has 0 bridgehead atoms. The van der Waals surface area contributed by atoms with Gasteiger partial charge in [-0.2, -0.15) is 0 Å². The first-order chi connectivity index (χ1) is 8.56. The molecule has 0 aromatic rings. The van der Waals surface area contributed by atoms with Crippen LogP contribution in [0.15, 0.2) is 0 Å². The Morgan fingerprint density at radius 2 is 1.83 bits per heavy atom. The maximum absolute atomic E-state index is 3.57. The van der Waals surface area contributed by atoms with Gasteiger partial charge in [-0.1, -0.05) is 20.8 Å². The predicted molar refractivity (Wildman–Crippen MR) is 80.1 cm³/mol. The number of hydrogen-bond donors (Lipinski definition) is 1. The highest BCUT2D eigenvalue weighted by Crippen LogP contribution is 2.28. The van der Waals surface area contributed by atoms with Crippen molar-refractivity contribution in [3.05, 3.63) is 0 Å². The van der Waals surface area contributed by atoms with Crippen molar-refractivity contribution in [3.8, 4) is 0 Å². The van der Waals surface area contributed by atoms with Gasteiger partial charge in [-0.3, -0.25) is 4.90 Å². The molecule has 1 heterocycles. The summed E-state index contributed by atoms with van der Waals surface area (Å²) in [5, 5.41) is 3.57. The Kier molecular flexibility index (Phi) is 6.61. The minimum Gasteiger partial charge on any atom is -0.316 e. The van der Waals surface area contributed by atoms with Crippen LogP contribution < -0.4 is 5.32 Å². The zero-order valence-corrected chi connectivity index (χ0v) is 13.1. The lowest BCUT2D eigenvalue weighted by Gasteiger charge is -2.44. The molecule has 0 aromatic carbocycles. The van der Waals surface area contributed by atoms with Gasteiger partial charge >= 0.3 is 0 Å². The second kappa shape index (κ2) is 7.46. The van der Waals surface area contributed by atoms with E-state index in [-0.39, 0.29) is 0 Å². The molecule has 1 fully saturated rings. The predicted octanol–water partition coefficient (Wildman–Crippen LogP) is 2.04. The second-order valence-electron chi connectivity index (χ2n) is 6.07. The van der Waals surface area contributed by atoms with Crippen molar-refractivity contribution in [2.45, 2.75) is 46.6 Å². The Hall–Kier alpha value is -0.120. The van der Waals surface area contributed by atoms with E-state index in [0.29, 0.717) is 11.5 Å². The second-order valence-corrected chi connectivity index (χ2v) is 6.07. The monoisotopic (exact) mass is 255 g/mol. The standard InChI is InChI=1S/C15H33N3/c1-6-15(7-2,12-16-8-3)13-18-10-9-17(5)11-14(18)4/h14,16H,6-13H2,1-5H3. The minimum atomic E-state index is 0.459. The Morgan fingerprint density at radius 3 is 2.33 bits per heavy atom. The van der Waals surface area contributed by atoms with E-state index in [1.165, 1.54) is 39.0 Å². The van der Waals surface area contributed by atoms with Gasteiger partial charge < -0.3 is 10.2 Å². The number of likely N-dealkylation sites (N-methyl/N-ethyl adjacent to an activating group) is 1. The summed E-state index contributed by atoms with van der Waals surface area (Å²) in [5.41, 5.74) is 0.459. The van der Waals surface area contributed by atoms with Crippen LogP contribution in [-0.4, -0.2) is 62.2 Å². The summed E-state index contributed by atoms with van der Waals surface area (Å²) in [6, 6.07) is 0.697. The molecule has 1 aliphatic heterocycles. The van der Waals surface area contributed by atoms with Crippen molar-refractivity contribution in [2.75, 3.05) is 46.3 Å². The zero-order chi connectivity index (χ0) is 13.6. The molecule has 0 spiro atoms. The summed E-state index contributed by atoms with van der Waals surface area (Å²) in [6.07, 6.45) is 2.55. The molecule has 1 saturated heterocycles. The SMILES string of the molecule is CCNCC(CC)(CC)CN1CCN(C)CC1C. The van der Waals surface area contributed by atoms with E-state index in [2.05, 4.69) is 49.9 Å². The molecule has 18 heavy (non-hydrogen) atoms. The molecule has 1 N–H and O–H groups in total. The molecule has 3 nitrogen and oxygen atoms in total. The highest BCUT2D eigenvalue weighted by molar-refractivity contribution is 4.87. The Bertz CT molecular complexity index is 226. The van der Waals surface area contributed by atoms with Crippen LogP contribution in [0.2, 0.25) is 0 Å². The van der Waals surface area contributed by atoms with Gasteiger partial charge in [0.05, 0.1) is 0 Å². The molecule has 0 saturated carbocycles. The van der Waals surface area contributed by atoms with Crippen molar-refractivity contribution in [1.82, 2.24) is 15.1 Å². The maximum Gasteiger partial charge on any atom is 0.0195 e. The lowest BCUT2D eigenvalue weighted by atomic mass is 9.81. The van der Waals surface area contributed by atoms with Gasteiger partial charge in [0.2, 0.25) is 0 Å². The first-order valence-corrected chi connectivity index (χ1v) is 7.70. The molecule has 0 amide bonds. The van der Waals surface area contributed by atoms with E-state index in [9.17, 15) is 0 Å². The molecule has 1 unspecified atom stereocenters. The first kappa shape index (κ1) is 15.9. The fourth-order valence-electron chi connectivity index (χ4n) is 3.01. The summed E-state index contributed by atoms with van der Waals surface area (Å²) < 4.78 is 0. The fourth-order valence-corrected chi connectivity index (χ4v) is 3.01. The number of rotatable bonds is 7. The topological polar surface area (TPSA) is 18.5 Å². The Labute approximate surface area is 114 Å². The number of nitrogens with zero attached hydrogens (tertiary/aromatic N) is 2. The Balaban J connectivity index is 2.59. The lowest BCUT2D eigenvalue weighted by molar-refractivity contribution is 0.0498. The van der Waals surface area contributed by atoms with E-state index < -0.39 is 0 Å². The van der Waals surface area contributed by atoms with Crippen molar-refractivity contribution in [2.24, 2.45) is 5.41 Å². The van der Waals surface area contributed by atoms with Gasteiger partial charge in [-0.05, 0) is 38.8 Å². The van der Waals surface area contributed by atoms with Gasteiger partial charge in [0.25, 0.3) is 0 Å². The van der Waals surface area contributed by atoms with Gasteiger partial charge in [0.15, 0.2) is 0 Å². The maximum atomic E-state index is 3.57. The van der Waals surface area contributed by atoms with Crippen LogP contribution in [0.25, 0.3) is 0 Å². The third-order valence-corrected chi connectivity index (χ3v) is 4.76. The van der Waals surface area contributed by atoms with Crippen LogP contribution in [0.1, 0.15) is 40.5 Å². The van der Waals surface area contributed by atoms with E-state index in [1.807, 2.05) is 0 Å². The minimum absolute atomic E-state index is 0.459. The molecule has 108 valence electrons. The van der Waals surface area contributed by atoms with Crippen molar-refractivity contribution in [1.29, 1.82) is 0 Å². The van der Waals surface area contributed by atoms with E-state index in [1.54, 1.807) is 0 Å². The van der Waals surface area contributed by atoms with Crippen molar-refractivity contribution >= 4 is 0 Å². The summed E-state index contributed by atoms with van der Waals surface area (Å²) in [5.74, 6) is 0. The molecule has 0 aliphatic carbocycles. The number of hydrogen-bond acceptors (Lipinski definition) is 3. The smallest absolute Gasteiger partial charge is 0.0195 e. The fraction of sp³-hybridized carbons (Fsp3) is 1.00. The highest BCUT2D eigenvalue weighted by Gasteiger charge is 2.31. The van der Waals surface area contributed by atoms with Gasteiger partial charge in [0.1, 0.15) is 0 Å². The average Bonchev–Trinajstić information content (AvgIpc) is 2.37. The summed E-state index contributed by atoms with van der Waals surface area (Å²) in [4.78, 5) is 5.15. The van der Waals surface area contributed by atoms with Gasteiger partial charge in [-0.25, -0.2) is 0 Å². The van der Waals surface area contributed by atoms with Crippen LogP contribution >= 0.6 is 0 Å². The molecule has 0 aromatic heterocycles. The quantitative estimate of drug-likeness (QED) is 0.751. The Morgan fingerprint density at radius 1 is 1.17 bits per heavy atom. The molecule has 1 aliphatic rings. The summed E-state index contributed by atoms with van der Waals surface area (Å²) in [7, 11) is 2.24. The van der Waals surface area contributed by atoms with Crippen molar-refractivity contribution < 1.29 is 0 Å². The molecule has 1 atom stereocenters. The van der Waals surface area contributed by atoms with E-state index in [0.717, 1.165) is 13.1 Å². The third kappa shape index (κ3) is 4.22. The van der Waals surface area contributed by atoms with Crippen LogP contribution in [0.5, 0.6) is 0 Å².